The maximum absolute atomic E-state index is 14.3. The lowest BCUT2D eigenvalue weighted by atomic mass is 9.68. The van der Waals surface area contributed by atoms with Gasteiger partial charge in [0.15, 0.2) is 5.54 Å². The molecule has 0 aromatic heterocycles. The van der Waals surface area contributed by atoms with E-state index in [1.807, 2.05) is 0 Å². The van der Waals surface area contributed by atoms with Crippen LogP contribution in [0.1, 0.15) is 40.2 Å². The standard InChI is InChI=1S/C20H32FNO7Si/c1-6-30(7-2)22(17(25)26)20(16(23)24,18(3,4)5)19(27,14-21)29-28-13-15-11-9-8-10-12-15/h8-12,27,30H,6-7,13-14H2,1-5H3,(H,23,24)(H,25,26)/t19-,20+/m1/s1. The molecule has 10 heteroatoms. The van der Waals surface area contributed by atoms with E-state index in [0.29, 0.717) is 17.7 Å². The van der Waals surface area contributed by atoms with Gasteiger partial charge in [0, 0.05) is 5.41 Å². The third kappa shape index (κ3) is 4.83. The van der Waals surface area contributed by atoms with Crippen LogP contribution in [0.3, 0.4) is 0 Å². The van der Waals surface area contributed by atoms with Gasteiger partial charge < -0.3 is 19.9 Å². The van der Waals surface area contributed by atoms with E-state index in [4.69, 9.17) is 9.78 Å². The highest BCUT2D eigenvalue weighted by molar-refractivity contribution is 6.58. The summed E-state index contributed by atoms with van der Waals surface area (Å²) >= 11 is 0. The topological polar surface area (TPSA) is 117 Å². The summed E-state index contributed by atoms with van der Waals surface area (Å²) in [5.74, 6) is -4.79. The van der Waals surface area contributed by atoms with Crippen molar-refractivity contribution in [3.8, 4) is 0 Å². The lowest BCUT2D eigenvalue weighted by Gasteiger charge is -2.55. The first-order valence-corrected chi connectivity index (χ1v) is 12.0. The quantitative estimate of drug-likeness (QED) is 0.207. The number of rotatable bonds is 11. The minimum Gasteiger partial charge on any atom is -0.479 e. The van der Waals surface area contributed by atoms with Crippen LogP contribution in [-0.2, 0) is 21.2 Å². The first kappa shape index (κ1) is 26.0. The Morgan fingerprint density at radius 3 is 2.00 bits per heavy atom. The minimum atomic E-state index is -3.08. The van der Waals surface area contributed by atoms with E-state index in [1.165, 1.54) is 20.8 Å². The van der Waals surface area contributed by atoms with Crippen molar-refractivity contribution >= 4 is 21.0 Å². The summed E-state index contributed by atoms with van der Waals surface area (Å²) in [7, 11) is -2.46. The third-order valence-electron chi connectivity index (χ3n) is 5.28. The van der Waals surface area contributed by atoms with Gasteiger partial charge >= 0.3 is 12.1 Å². The van der Waals surface area contributed by atoms with E-state index in [-0.39, 0.29) is 6.61 Å². The SMILES string of the molecule is CC[SiH](CC)N(C(=O)O)[C@@](C(=O)O)(C(C)(C)C)[C@@](O)(CF)OOCc1ccccc1. The molecule has 0 heterocycles. The Morgan fingerprint density at radius 1 is 1.10 bits per heavy atom. The number of aliphatic carboxylic acids is 1. The third-order valence-corrected chi connectivity index (χ3v) is 8.51. The average Bonchev–Trinajstić information content (AvgIpc) is 2.67. The molecule has 0 unspecified atom stereocenters. The van der Waals surface area contributed by atoms with Crippen LogP contribution in [0.15, 0.2) is 30.3 Å². The van der Waals surface area contributed by atoms with E-state index in [1.54, 1.807) is 44.2 Å². The molecule has 0 bridgehead atoms. The average molecular weight is 446 g/mol. The first-order chi connectivity index (χ1) is 13.9. The Bertz CT molecular complexity index is 711. The molecule has 30 heavy (non-hydrogen) atoms. The van der Waals surface area contributed by atoms with Crippen molar-refractivity contribution in [3.63, 3.8) is 0 Å². The monoisotopic (exact) mass is 445 g/mol. The van der Waals surface area contributed by atoms with E-state index in [2.05, 4.69) is 0 Å². The molecular weight excluding hydrogens is 413 g/mol. The Kier molecular flexibility index (Phi) is 8.97. The molecule has 0 aliphatic rings. The second kappa shape index (κ2) is 10.3. The summed E-state index contributed by atoms with van der Waals surface area (Å²) in [6.07, 6.45) is -1.55. The van der Waals surface area contributed by atoms with Gasteiger partial charge in [-0.25, -0.2) is 18.9 Å². The Morgan fingerprint density at radius 2 is 1.63 bits per heavy atom. The predicted octanol–water partition coefficient (Wildman–Crippen LogP) is 3.41. The number of aliphatic hydroxyl groups is 1. The highest BCUT2D eigenvalue weighted by Gasteiger charge is 2.70. The summed E-state index contributed by atoms with van der Waals surface area (Å²) in [5.41, 5.74) is -3.47. The summed E-state index contributed by atoms with van der Waals surface area (Å²) in [5, 5.41) is 31.4. The molecule has 0 saturated carbocycles. The van der Waals surface area contributed by atoms with E-state index in [0.717, 1.165) is 4.57 Å². The van der Waals surface area contributed by atoms with Crippen LogP contribution in [0, 0.1) is 5.41 Å². The molecule has 0 radical (unpaired) electrons. The molecule has 0 spiro atoms. The number of carboxylic acids is 1. The smallest absolute Gasteiger partial charge is 0.400 e. The fraction of sp³-hybridized carbons (Fsp3) is 0.600. The van der Waals surface area contributed by atoms with Crippen LogP contribution in [-0.4, -0.2) is 58.9 Å². The number of benzene rings is 1. The summed E-state index contributed by atoms with van der Waals surface area (Å²) < 4.78 is 15.1. The highest BCUT2D eigenvalue weighted by Crippen LogP contribution is 2.47. The number of amides is 1. The maximum atomic E-state index is 14.3. The van der Waals surface area contributed by atoms with Crippen molar-refractivity contribution < 1.29 is 39.1 Å². The fourth-order valence-corrected chi connectivity index (χ4v) is 6.77. The predicted molar refractivity (Wildman–Crippen MR) is 111 cm³/mol. The summed E-state index contributed by atoms with van der Waals surface area (Å²) in [6, 6.07) is 9.44. The number of hydrogen-bond acceptors (Lipinski definition) is 5. The second-order valence-electron chi connectivity index (χ2n) is 8.14. The zero-order valence-corrected chi connectivity index (χ0v) is 19.2. The first-order valence-electron chi connectivity index (χ1n) is 9.81. The number of nitrogens with zero attached hydrogens (tertiary/aromatic N) is 1. The van der Waals surface area contributed by atoms with E-state index in [9.17, 15) is 29.3 Å². The van der Waals surface area contributed by atoms with Crippen LogP contribution in [0.5, 0.6) is 0 Å². The van der Waals surface area contributed by atoms with Gasteiger partial charge in [0.05, 0.1) is 0 Å². The van der Waals surface area contributed by atoms with Crippen LogP contribution in [0.25, 0.3) is 0 Å². The van der Waals surface area contributed by atoms with Gasteiger partial charge in [-0.15, -0.1) is 0 Å². The Labute approximate surface area is 177 Å². The molecule has 1 rings (SSSR count). The van der Waals surface area contributed by atoms with Gasteiger partial charge in [-0.1, -0.05) is 65.0 Å². The second-order valence-corrected chi connectivity index (χ2v) is 11.6. The van der Waals surface area contributed by atoms with Gasteiger partial charge in [-0.3, -0.25) is 0 Å². The number of hydrogen-bond donors (Lipinski definition) is 3. The largest absolute Gasteiger partial charge is 0.479 e. The van der Waals surface area contributed by atoms with Crippen molar-refractivity contribution in [2.45, 2.75) is 64.6 Å². The van der Waals surface area contributed by atoms with Crippen molar-refractivity contribution in [1.82, 2.24) is 4.57 Å². The van der Waals surface area contributed by atoms with Crippen LogP contribution < -0.4 is 0 Å². The van der Waals surface area contributed by atoms with Gasteiger partial charge in [-0.2, -0.15) is 4.89 Å². The molecular formula is C20H32FNO7Si. The molecule has 0 fully saturated rings. The summed E-state index contributed by atoms with van der Waals surface area (Å²) in [6.45, 7) is 5.88. The molecule has 3 N–H and O–H groups in total. The zero-order valence-electron chi connectivity index (χ0n) is 18.1. The number of carboxylic acid groups (broad SMARTS) is 2. The van der Waals surface area contributed by atoms with Crippen LogP contribution in [0.2, 0.25) is 12.1 Å². The molecule has 170 valence electrons. The van der Waals surface area contributed by atoms with Crippen molar-refractivity contribution in [3.05, 3.63) is 35.9 Å². The number of alkyl halides is 1. The van der Waals surface area contributed by atoms with Gasteiger partial charge in [0.25, 0.3) is 5.79 Å². The molecule has 0 aliphatic heterocycles. The molecule has 0 saturated heterocycles. The van der Waals surface area contributed by atoms with E-state index < -0.39 is 44.4 Å². The molecule has 1 amide bonds. The molecule has 8 nitrogen and oxygen atoms in total. The Hall–Kier alpha value is -2.01. The van der Waals surface area contributed by atoms with Gasteiger partial charge in [-0.05, 0) is 17.7 Å². The van der Waals surface area contributed by atoms with Crippen molar-refractivity contribution in [2.24, 2.45) is 5.41 Å². The van der Waals surface area contributed by atoms with Gasteiger partial charge in [0.1, 0.15) is 22.2 Å². The van der Waals surface area contributed by atoms with Crippen LogP contribution >= 0.6 is 0 Å². The maximum Gasteiger partial charge on any atom is 0.400 e. The van der Waals surface area contributed by atoms with Crippen molar-refractivity contribution in [1.29, 1.82) is 0 Å². The Balaban J connectivity index is 3.55. The van der Waals surface area contributed by atoms with Gasteiger partial charge in [0.2, 0.25) is 0 Å². The summed E-state index contributed by atoms with van der Waals surface area (Å²) in [4.78, 5) is 35.0. The molecule has 2 atom stereocenters. The molecule has 1 aromatic carbocycles. The minimum absolute atomic E-state index is 0.196. The molecule has 0 aliphatic carbocycles. The molecule has 1 aromatic rings. The zero-order chi connectivity index (χ0) is 23.2. The number of carbonyl (C=O) groups is 2. The lowest BCUT2D eigenvalue weighted by molar-refractivity contribution is -0.453. The fourth-order valence-electron chi connectivity index (χ4n) is 3.90. The lowest BCUT2D eigenvalue weighted by Crippen LogP contribution is -2.79. The van der Waals surface area contributed by atoms with E-state index >= 15 is 0 Å². The normalized spacial score (nSPS) is 16.0. The highest BCUT2D eigenvalue weighted by atomic mass is 28.3. The number of halogens is 1. The van der Waals surface area contributed by atoms with Crippen LogP contribution in [0.4, 0.5) is 9.18 Å². The van der Waals surface area contributed by atoms with Crippen molar-refractivity contribution in [2.75, 3.05) is 6.67 Å².